The summed E-state index contributed by atoms with van der Waals surface area (Å²) in [5.41, 5.74) is 1.73. The maximum atomic E-state index is 14.0. The van der Waals surface area contributed by atoms with Crippen molar-refractivity contribution in [1.82, 2.24) is 9.29 Å². The number of nitrogens with zero attached hydrogens (tertiary/aromatic N) is 3. The Labute approximate surface area is 217 Å². The molecule has 0 bridgehead atoms. The molecule has 8 nitrogen and oxygen atoms in total. The minimum Gasteiger partial charge on any atom is -0.494 e. The van der Waals surface area contributed by atoms with Gasteiger partial charge in [-0.15, -0.1) is 11.3 Å². The van der Waals surface area contributed by atoms with Gasteiger partial charge >= 0.3 is 0 Å². The number of fused-ring (bicyclic) bond motifs is 1. The molecule has 2 aliphatic rings. The minimum absolute atomic E-state index is 0.114. The number of methoxy groups -OCH3 is 1. The first-order valence-corrected chi connectivity index (χ1v) is 14.9. The first-order chi connectivity index (χ1) is 16.8. The van der Waals surface area contributed by atoms with E-state index in [1.807, 2.05) is 19.1 Å². The maximum absolute atomic E-state index is 14.0. The highest BCUT2D eigenvalue weighted by atomic mass is 35.5. The number of thiazole rings is 1. The Morgan fingerprint density at radius 2 is 2.09 bits per heavy atom. The van der Waals surface area contributed by atoms with Crippen LogP contribution in [0.15, 0.2) is 28.5 Å². The van der Waals surface area contributed by atoms with Crippen LogP contribution < -0.4 is 9.64 Å². The molecular weight excluding hydrogens is 530 g/mol. The molecule has 2 unspecified atom stereocenters. The zero-order valence-corrected chi connectivity index (χ0v) is 22.6. The Morgan fingerprint density at radius 1 is 1.26 bits per heavy atom. The number of anilines is 1. The van der Waals surface area contributed by atoms with Gasteiger partial charge < -0.3 is 9.47 Å². The van der Waals surface area contributed by atoms with Gasteiger partial charge in [0.15, 0.2) is 5.13 Å². The quantitative estimate of drug-likeness (QED) is 0.420. The summed E-state index contributed by atoms with van der Waals surface area (Å²) in [5.74, 6) is 0.358. The summed E-state index contributed by atoms with van der Waals surface area (Å²) >= 11 is 8.42. The number of aryl methyl sites for hydroxylation is 1. The second kappa shape index (κ2) is 9.95. The number of thiophene rings is 1. The highest BCUT2D eigenvalue weighted by Gasteiger charge is 2.43. The number of amides is 1. The van der Waals surface area contributed by atoms with Crippen LogP contribution in [0.5, 0.6) is 5.75 Å². The topological polar surface area (TPSA) is 89.0 Å². The Morgan fingerprint density at radius 3 is 2.77 bits per heavy atom. The molecular formula is C23H26ClN3O5S3. The van der Waals surface area contributed by atoms with Crippen LogP contribution in [0, 0.1) is 6.92 Å². The molecule has 188 valence electrons. The predicted molar refractivity (Wildman–Crippen MR) is 138 cm³/mol. The van der Waals surface area contributed by atoms with Crippen molar-refractivity contribution >= 4 is 65.6 Å². The number of halogens is 1. The summed E-state index contributed by atoms with van der Waals surface area (Å²) in [7, 11) is -2.25. The van der Waals surface area contributed by atoms with Crippen molar-refractivity contribution in [3.05, 3.63) is 34.2 Å². The zero-order chi connectivity index (χ0) is 24.7. The first kappa shape index (κ1) is 24.9. The molecule has 1 amide bonds. The van der Waals surface area contributed by atoms with E-state index in [1.54, 1.807) is 18.1 Å². The molecule has 4 heterocycles. The van der Waals surface area contributed by atoms with Gasteiger partial charge in [-0.25, -0.2) is 13.4 Å². The molecule has 35 heavy (non-hydrogen) atoms. The molecule has 0 spiro atoms. The number of carbonyl (C=O) groups is 1. The average molecular weight is 556 g/mol. The molecule has 2 aliphatic heterocycles. The van der Waals surface area contributed by atoms with Gasteiger partial charge in [0.05, 0.1) is 28.8 Å². The number of rotatable bonds is 7. The van der Waals surface area contributed by atoms with E-state index in [0.29, 0.717) is 46.7 Å². The van der Waals surface area contributed by atoms with Crippen LogP contribution in [0.25, 0.3) is 10.2 Å². The summed E-state index contributed by atoms with van der Waals surface area (Å²) in [6, 6.07) is 6.08. The minimum atomic E-state index is -3.85. The number of ether oxygens (including phenoxy) is 2. The lowest BCUT2D eigenvalue weighted by Crippen LogP contribution is -2.49. The van der Waals surface area contributed by atoms with Gasteiger partial charge in [-0.3, -0.25) is 9.69 Å². The standard InChI is InChI=1S/C23H26ClN3O5S3/c1-14-7-8-17(31-2)20-21(14)34-23(25-20)26(13-15-5-4-12-32-15)22(28)16-6-3-11-27(16)35(29,30)19-10-9-18(24)33-19/h7-10,15-16H,3-6,11-13H2,1-2H3. The Balaban J connectivity index is 1.52. The second-order valence-electron chi connectivity index (χ2n) is 8.68. The largest absolute Gasteiger partial charge is 0.494 e. The number of carbonyl (C=O) groups excluding carboxylic acids is 1. The van der Waals surface area contributed by atoms with Crippen molar-refractivity contribution in [2.75, 3.05) is 31.7 Å². The van der Waals surface area contributed by atoms with Crippen LogP contribution >= 0.6 is 34.3 Å². The van der Waals surface area contributed by atoms with E-state index >= 15 is 0 Å². The Hall–Kier alpha value is -1.76. The van der Waals surface area contributed by atoms with E-state index < -0.39 is 16.1 Å². The van der Waals surface area contributed by atoms with Gasteiger partial charge in [0.25, 0.3) is 10.0 Å². The van der Waals surface area contributed by atoms with Crippen molar-refractivity contribution in [2.24, 2.45) is 0 Å². The lowest BCUT2D eigenvalue weighted by molar-refractivity contribution is -0.122. The van der Waals surface area contributed by atoms with Crippen molar-refractivity contribution in [1.29, 1.82) is 0 Å². The molecule has 0 saturated carbocycles. The monoisotopic (exact) mass is 555 g/mol. The van der Waals surface area contributed by atoms with Gasteiger partial charge in [-0.1, -0.05) is 29.0 Å². The highest BCUT2D eigenvalue weighted by molar-refractivity contribution is 7.91. The number of aromatic nitrogens is 1. The van der Waals surface area contributed by atoms with Crippen molar-refractivity contribution < 1.29 is 22.7 Å². The lowest BCUT2D eigenvalue weighted by atomic mass is 10.2. The number of hydrogen-bond acceptors (Lipinski definition) is 8. The highest BCUT2D eigenvalue weighted by Crippen LogP contribution is 2.38. The van der Waals surface area contributed by atoms with Crippen molar-refractivity contribution in [2.45, 2.75) is 49.0 Å². The summed E-state index contributed by atoms with van der Waals surface area (Å²) in [6.07, 6.45) is 2.72. The van der Waals surface area contributed by atoms with Gasteiger partial charge in [-0.05, 0) is 56.4 Å². The summed E-state index contributed by atoms with van der Waals surface area (Å²) in [4.78, 5) is 20.4. The van der Waals surface area contributed by atoms with E-state index in [9.17, 15) is 13.2 Å². The molecule has 3 aromatic rings. The molecule has 0 N–H and O–H groups in total. The third kappa shape index (κ3) is 4.70. The van der Waals surface area contributed by atoms with E-state index in [-0.39, 0.29) is 22.8 Å². The molecule has 0 radical (unpaired) electrons. The molecule has 0 aliphatic carbocycles. The Kier molecular flexibility index (Phi) is 7.08. The predicted octanol–water partition coefficient (Wildman–Crippen LogP) is 4.69. The van der Waals surface area contributed by atoms with Gasteiger partial charge in [-0.2, -0.15) is 4.31 Å². The van der Waals surface area contributed by atoms with Crippen molar-refractivity contribution in [3.63, 3.8) is 0 Å². The zero-order valence-electron chi connectivity index (χ0n) is 19.4. The fraction of sp³-hybridized carbons (Fsp3) is 0.478. The second-order valence-corrected chi connectivity index (χ2v) is 13.5. The van der Waals surface area contributed by atoms with Crippen molar-refractivity contribution in [3.8, 4) is 5.75 Å². The number of hydrogen-bond donors (Lipinski definition) is 0. The number of sulfonamides is 1. The maximum Gasteiger partial charge on any atom is 0.253 e. The van der Waals surface area contributed by atoms with Crippen LogP contribution in [0.4, 0.5) is 5.13 Å². The summed E-state index contributed by atoms with van der Waals surface area (Å²) < 4.78 is 40.9. The summed E-state index contributed by atoms with van der Waals surface area (Å²) in [6.45, 7) is 3.26. The van der Waals surface area contributed by atoms with Crippen LogP contribution in [0.1, 0.15) is 31.2 Å². The molecule has 12 heteroatoms. The number of benzene rings is 1. The summed E-state index contributed by atoms with van der Waals surface area (Å²) in [5, 5.41) is 0.525. The van der Waals surface area contributed by atoms with Crippen LogP contribution in [0.2, 0.25) is 4.34 Å². The first-order valence-electron chi connectivity index (χ1n) is 11.4. The van der Waals surface area contributed by atoms with E-state index in [0.717, 1.165) is 34.4 Å². The van der Waals surface area contributed by atoms with Crippen LogP contribution in [-0.2, 0) is 19.6 Å². The molecule has 2 atom stereocenters. The van der Waals surface area contributed by atoms with Gasteiger partial charge in [0.2, 0.25) is 5.91 Å². The smallest absolute Gasteiger partial charge is 0.253 e. The SMILES string of the molecule is COc1ccc(C)c2sc(N(CC3CCCO3)C(=O)C3CCCN3S(=O)(=O)c3ccc(Cl)s3)nc12. The molecule has 2 saturated heterocycles. The van der Waals surface area contributed by atoms with Crippen LogP contribution in [-0.4, -0.2) is 62.6 Å². The fourth-order valence-corrected chi connectivity index (χ4v) is 8.97. The van der Waals surface area contributed by atoms with Gasteiger partial charge in [0, 0.05) is 13.2 Å². The van der Waals surface area contributed by atoms with Gasteiger partial charge in [0.1, 0.15) is 21.5 Å². The third-order valence-corrected chi connectivity index (χ3v) is 11.2. The molecule has 2 fully saturated rings. The van der Waals surface area contributed by atoms with E-state index in [4.69, 9.17) is 26.1 Å². The third-order valence-electron chi connectivity index (χ3n) is 6.42. The molecule has 1 aromatic carbocycles. The van der Waals surface area contributed by atoms with Crippen LogP contribution in [0.3, 0.4) is 0 Å². The van der Waals surface area contributed by atoms with E-state index in [1.165, 1.54) is 21.7 Å². The normalized spacial score (nSPS) is 21.1. The van der Waals surface area contributed by atoms with E-state index in [2.05, 4.69) is 0 Å². The molecule has 5 rings (SSSR count). The average Bonchev–Trinajstić information content (AvgIpc) is 3.64. The fourth-order valence-electron chi connectivity index (χ4n) is 4.64. The lowest BCUT2D eigenvalue weighted by Gasteiger charge is -2.29. The molecule has 2 aromatic heterocycles. The Bertz CT molecular complexity index is 1350.